The third-order valence-corrected chi connectivity index (χ3v) is 5.29. The number of nitrogens with one attached hydrogen (secondary N) is 1. The van der Waals surface area contributed by atoms with Gasteiger partial charge in [0.05, 0.1) is 5.56 Å². The van der Waals surface area contributed by atoms with Crippen LogP contribution in [0.25, 0.3) is 0 Å². The minimum atomic E-state index is -0.00501. The Bertz CT molecular complexity index is 698. The smallest absolute Gasteiger partial charge is 0.253 e. The van der Waals surface area contributed by atoms with Crippen molar-refractivity contribution in [3.8, 4) is 0 Å². The predicted octanol–water partition coefficient (Wildman–Crippen LogP) is 2.26. The van der Waals surface area contributed by atoms with Crippen LogP contribution in [0.2, 0.25) is 0 Å². The first-order chi connectivity index (χ1) is 11.7. The molecule has 0 aromatic carbocycles. The highest BCUT2D eigenvalue weighted by atomic mass is 16.1. The quantitative estimate of drug-likeness (QED) is 0.938. The van der Waals surface area contributed by atoms with E-state index in [9.17, 15) is 4.79 Å². The Morgan fingerprint density at radius 3 is 2.79 bits per heavy atom. The lowest BCUT2D eigenvalue weighted by Gasteiger charge is -2.45. The maximum atomic E-state index is 12.2. The summed E-state index contributed by atoms with van der Waals surface area (Å²) in [4.78, 5) is 22.8. The van der Waals surface area contributed by atoms with E-state index in [0.29, 0.717) is 17.0 Å². The molecule has 3 heterocycles. The maximum Gasteiger partial charge on any atom is 0.253 e. The van der Waals surface area contributed by atoms with Gasteiger partial charge in [-0.15, -0.1) is 0 Å². The van der Waals surface area contributed by atoms with E-state index in [-0.39, 0.29) is 5.91 Å². The highest BCUT2D eigenvalue weighted by Crippen LogP contribution is 2.48. The standard InChI is InChI=1S/C19H22N4O/c24-18(16-2-1-6-21-12-16)22-17-10-19(11-17)5-9-23(14-19)13-15-3-7-20-8-4-15/h1-4,6-8,12,17H,5,9-11,13-14H2,(H,22,24). The number of aromatic nitrogens is 2. The number of carbonyl (C=O) groups excluding carboxylic acids is 1. The fraction of sp³-hybridized carbons (Fsp3) is 0.421. The van der Waals surface area contributed by atoms with E-state index < -0.39 is 0 Å². The van der Waals surface area contributed by atoms with Crippen molar-refractivity contribution in [3.63, 3.8) is 0 Å². The number of amides is 1. The summed E-state index contributed by atoms with van der Waals surface area (Å²) in [5, 5.41) is 3.14. The van der Waals surface area contributed by atoms with Crippen molar-refractivity contribution in [1.29, 1.82) is 0 Å². The van der Waals surface area contributed by atoms with Gasteiger partial charge in [-0.05, 0) is 61.1 Å². The first-order valence-electron chi connectivity index (χ1n) is 8.55. The molecule has 0 unspecified atom stereocenters. The average Bonchev–Trinajstić information content (AvgIpc) is 3.00. The molecule has 5 heteroatoms. The van der Waals surface area contributed by atoms with Crippen LogP contribution in [0.15, 0.2) is 49.1 Å². The second kappa shape index (κ2) is 6.32. The van der Waals surface area contributed by atoms with Gasteiger partial charge in [0.1, 0.15) is 0 Å². The SMILES string of the molecule is O=C(NC1CC2(CCN(Cc3ccncc3)C2)C1)c1cccnc1. The van der Waals surface area contributed by atoms with Gasteiger partial charge in [0.2, 0.25) is 0 Å². The summed E-state index contributed by atoms with van der Waals surface area (Å²) >= 11 is 0. The molecule has 2 fully saturated rings. The topological polar surface area (TPSA) is 58.1 Å². The molecule has 1 aliphatic heterocycles. The summed E-state index contributed by atoms with van der Waals surface area (Å²) < 4.78 is 0. The molecule has 0 radical (unpaired) electrons. The zero-order valence-electron chi connectivity index (χ0n) is 13.7. The van der Waals surface area contributed by atoms with E-state index in [1.807, 2.05) is 18.5 Å². The van der Waals surface area contributed by atoms with Crippen molar-refractivity contribution in [1.82, 2.24) is 20.2 Å². The predicted molar refractivity (Wildman–Crippen MR) is 91.3 cm³/mol. The number of hydrogen-bond donors (Lipinski definition) is 1. The van der Waals surface area contributed by atoms with Crippen molar-refractivity contribution < 1.29 is 4.79 Å². The van der Waals surface area contributed by atoms with E-state index in [2.05, 4.69) is 32.3 Å². The zero-order valence-corrected chi connectivity index (χ0v) is 13.7. The molecule has 1 saturated heterocycles. The normalized spacial score (nSPS) is 26.2. The summed E-state index contributed by atoms with van der Waals surface area (Å²) in [5.41, 5.74) is 2.37. The Balaban J connectivity index is 1.27. The highest BCUT2D eigenvalue weighted by Gasteiger charge is 2.48. The van der Waals surface area contributed by atoms with Crippen molar-refractivity contribution in [2.45, 2.75) is 31.8 Å². The molecule has 5 nitrogen and oxygen atoms in total. The van der Waals surface area contributed by atoms with Crippen molar-refractivity contribution in [2.75, 3.05) is 13.1 Å². The molecular formula is C19H22N4O. The molecule has 1 amide bonds. The molecule has 2 aliphatic rings. The Morgan fingerprint density at radius 2 is 2.04 bits per heavy atom. The number of nitrogens with zero attached hydrogens (tertiary/aromatic N) is 3. The molecule has 1 saturated carbocycles. The Morgan fingerprint density at radius 1 is 1.21 bits per heavy atom. The summed E-state index contributed by atoms with van der Waals surface area (Å²) in [6.45, 7) is 3.27. The number of pyridine rings is 2. The zero-order chi connectivity index (χ0) is 16.4. The molecule has 2 aromatic rings. The molecule has 24 heavy (non-hydrogen) atoms. The van der Waals surface area contributed by atoms with Gasteiger partial charge in [-0.1, -0.05) is 0 Å². The van der Waals surface area contributed by atoms with Gasteiger partial charge < -0.3 is 5.32 Å². The van der Waals surface area contributed by atoms with Crippen molar-refractivity contribution in [2.24, 2.45) is 5.41 Å². The van der Waals surface area contributed by atoms with Crippen LogP contribution < -0.4 is 5.32 Å². The first kappa shape index (κ1) is 15.3. The largest absolute Gasteiger partial charge is 0.349 e. The van der Waals surface area contributed by atoms with E-state index in [1.165, 1.54) is 12.0 Å². The Labute approximate surface area is 142 Å². The number of likely N-dealkylation sites (tertiary alicyclic amines) is 1. The molecule has 1 N–H and O–H groups in total. The minimum absolute atomic E-state index is 0.00501. The number of rotatable bonds is 4. The number of hydrogen-bond acceptors (Lipinski definition) is 4. The third-order valence-electron chi connectivity index (χ3n) is 5.29. The van der Waals surface area contributed by atoms with Gasteiger partial charge in [0, 0.05) is 43.9 Å². The highest BCUT2D eigenvalue weighted by molar-refractivity contribution is 5.94. The van der Waals surface area contributed by atoms with Crippen LogP contribution in [-0.2, 0) is 6.54 Å². The van der Waals surface area contributed by atoms with Crippen LogP contribution in [0.5, 0.6) is 0 Å². The van der Waals surface area contributed by atoms with E-state index in [1.54, 1.807) is 18.5 Å². The van der Waals surface area contributed by atoms with Gasteiger partial charge in [0.15, 0.2) is 0 Å². The van der Waals surface area contributed by atoms with Gasteiger partial charge in [-0.25, -0.2) is 0 Å². The monoisotopic (exact) mass is 322 g/mol. The van der Waals surface area contributed by atoms with E-state index >= 15 is 0 Å². The van der Waals surface area contributed by atoms with Crippen molar-refractivity contribution in [3.05, 3.63) is 60.2 Å². The second-order valence-corrected chi connectivity index (χ2v) is 7.14. The molecule has 4 rings (SSSR count). The lowest BCUT2D eigenvalue weighted by atomic mass is 9.65. The molecule has 0 bridgehead atoms. The Kier molecular flexibility index (Phi) is 4.02. The van der Waals surface area contributed by atoms with Gasteiger partial charge >= 0.3 is 0 Å². The second-order valence-electron chi connectivity index (χ2n) is 7.14. The maximum absolute atomic E-state index is 12.2. The van der Waals surface area contributed by atoms with Gasteiger partial charge in [0.25, 0.3) is 5.91 Å². The molecule has 0 atom stereocenters. The number of carbonyl (C=O) groups is 1. The summed E-state index contributed by atoms with van der Waals surface area (Å²) in [6, 6.07) is 8.08. The third kappa shape index (κ3) is 3.17. The van der Waals surface area contributed by atoms with Crippen LogP contribution >= 0.6 is 0 Å². The van der Waals surface area contributed by atoms with Crippen LogP contribution in [0.3, 0.4) is 0 Å². The van der Waals surface area contributed by atoms with Crippen LogP contribution in [0.4, 0.5) is 0 Å². The average molecular weight is 322 g/mol. The van der Waals surface area contributed by atoms with E-state index in [4.69, 9.17) is 0 Å². The molecule has 2 aromatic heterocycles. The van der Waals surface area contributed by atoms with Crippen LogP contribution in [-0.4, -0.2) is 39.9 Å². The van der Waals surface area contributed by atoms with Gasteiger partial charge in [-0.2, -0.15) is 0 Å². The summed E-state index contributed by atoms with van der Waals surface area (Å²) in [6.07, 6.45) is 10.4. The van der Waals surface area contributed by atoms with Crippen molar-refractivity contribution >= 4 is 5.91 Å². The van der Waals surface area contributed by atoms with Crippen LogP contribution in [0, 0.1) is 5.41 Å². The molecule has 124 valence electrons. The molecule has 1 spiro atoms. The summed E-state index contributed by atoms with van der Waals surface area (Å²) in [5.74, 6) is -0.00501. The summed E-state index contributed by atoms with van der Waals surface area (Å²) in [7, 11) is 0. The van der Waals surface area contributed by atoms with E-state index in [0.717, 1.165) is 32.5 Å². The van der Waals surface area contributed by atoms with Crippen LogP contribution in [0.1, 0.15) is 35.2 Å². The lowest BCUT2D eigenvalue weighted by molar-refractivity contribution is 0.0694. The fourth-order valence-corrected chi connectivity index (χ4v) is 4.10. The Hall–Kier alpha value is -2.27. The molecular weight excluding hydrogens is 300 g/mol. The van der Waals surface area contributed by atoms with Gasteiger partial charge in [-0.3, -0.25) is 19.7 Å². The molecule has 1 aliphatic carbocycles. The first-order valence-corrected chi connectivity index (χ1v) is 8.55. The minimum Gasteiger partial charge on any atom is -0.349 e. The lowest BCUT2D eigenvalue weighted by Crippen LogP contribution is -2.51. The fourth-order valence-electron chi connectivity index (χ4n) is 4.10.